The molecule has 0 bridgehead atoms. The van der Waals surface area contributed by atoms with Crippen LogP contribution in [0, 0.1) is 0 Å². The number of likely N-dealkylation sites (tertiary alicyclic amines) is 1. The number of rotatable bonds is 22. The van der Waals surface area contributed by atoms with Gasteiger partial charge < -0.3 is 25.6 Å². The van der Waals surface area contributed by atoms with Crippen LogP contribution < -0.4 is 10.6 Å². The molecule has 3 rings (SSSR count). The summed E-state index contributed by atoms with van der Waals surface area (Å²) in [6.45, 7) is 3.64. The fourth-order valence-corrected chi connectivity index (χ4v) is 6.02. The van der Waals surface area contributed by atoms with Gasteiger partial charge in [0.05, 0.1) is 12.0 Å². The molecule has 1 fully saturated rings. The van der Waals surface area contributed by atoms with Gasteiger partial charge in [0.1, 0.15) is 12.1 Å². The molecule has 11 heteroatoms. The van der Waals surface area contributed by atoms with E-state index in [0.717, 1.165) is 23.3 Å². The lowest BCUT2D eigenvalue weighted by Crippen LogP contribution is -2.55. The largest absolute Gasteiger partial charge is 0.465 e. The molecule has 2 heterocycles. The van der Waals surface area contributed by atoms with E-state index in [4.69, 9.17) is 0 Å². The Morgan fingerprint density at radius 2 is 1.63 bits per heavy atom. The molecular formula is C35H54N6O5. The van der Waals surface area contributed by atoms with Crippen molar-refractivity contribution in [3.05, 3.63) is 54.1 Å². The Bertz CT molecular complexity index is 1180. The van der Waals surface area contributed by atoms with Crippen molar-refractivity contribution in [3.63, 3.8) is 0 Å². The van der Waals surface area contributed by atoms with Gasteiger partial charge in [0.25, 0.3) is 0 Å². The molecule has 2 aromatic rings. The van der Waals surface area contributed by atoms with Gasteiger partial charge in [-0.2, -0.15) is 0 Å². The molecule has 0 spiro atoms. The highest BCUT2D eigenvalue weighted by molar-refractivity contribution is 5.92. The number of hydrogen-bond donors (Lipinski definition) is 4. The van der Waals surface area contributed by atoms with Gasteiger partial charge in [0, 0.05) is 45.2 Å². The van der Waals surface area contributed by atoms with Gasteiger partial charge in [0.2, 0.25) is 17.7 Å². The normalized spacial score (nSPS) is 15.0. The van der Waals surface area contributed by atoms with Crippen molar-refractivity contribution in [1.82, 2.24) is 30.4 Å². The number of imidazole rings is 1. The van der Waals surface area contributed by atoms with Crippen LogP contribution in [0.5, 0.6) is 0 Å². The van der Waals surface area contributed by atoms with E-state index in [9.17, 15) is 24.3 Å². The van der Waals surface area contributed by atoms with Crippen LogP contribution in [0.4, 0.5) is 4.79 Å². The third-order valence-corrected chi connectivity index (χ3v) is 8.63. The molecule has 46 heavy (non-hydrogen) atoms. The Morgan fingerprint density at radius 3 is 2.28 bits per heavy atom. The Labute approximate surface area is 273 Å². The molecule has 11 nitrogen and oxygen atoms in total. The fraction of sp³-hybridized carbons (Fsp3) is 0.629. The molecule has 1 aliphatic heterocycles. The van der Waals surface area contributed by atoms with E-state index >= 15 is 0 Å². The maximum absolute atomic E-state index is 13.9. The highest BCUT2D eigenvalue weighted by Crippen LogP contribution is 2.23. The number of aromatic amines is 1. The van der Waals surface area contributed by atoms with Crippen molar-refractivity contribution >= 4 is 23.8 Å². The molecule has 1 aliphatic rings. The van der Waals surface area contributed by atoms with Crippen LogP contribution in [0.15, 0.2) is 42.9 Å². The highest BCUT2D eigenvalue weighted by Gasteiger charge is 2.40. The second-order valence-electron chi connectivity index (χ2n) is 12.3. The van der Waals surface area contributed by atoms with E-state index in [2.05, 4.69) is 27.5 Å². The van der Waals surface area contributed by atoms with Gasteiger partial charge in [-0.15, -0.1) is 0 Å². The zero-order valence-electron chi connectivity index (χ0n) is 27.6. The number of nitrogens with zero attached hydrogens (tertiary/aromatic N) is 3. The number of carboxylic acid groups (broad SMARTS) is 1. The maximum Gasteiger partial charge on any atom is 0.408 e. The van der Waals surface area contributed by atoms with Gasteiger partial charge in [-0.1, -0.05) is 95.0 Å². The molecule has 1 saturated heterocycles. The van der Waals surface area contributed by atoms with Crippen LogP contribution in [0.1, 0.15) is 108 Å². The monoisotopic (exact) mass is 638 g/mol. The van der Waals surface area contributed by atoms with Gasteiger partial charge in [-0.05, 0) is 31.2 Å². The lowest BCUT2D eigenvalue weighted by molar-refractivity contribution is -0.142. The Kier molecular flexibility index (Phi) is 16.7. The number of hydrogen-bond acceptors (Lipinski definition) is 5. The first-order valence-corrected chi connectivity index (χ1v) is 17.3. The summed E-state index contributed by atoms with van der Waals surface area (Å²) in [5, 5.41) is 16.0. The zero-order chi connectivity index (χ0) is 33.0. The number of carbonyl (C=O) groups is 4. The highest BCUT2D eigenvalue weighted by atomic mass is 16.4. The second kappa shape index (κ2) is 21.0. The molecule has 254 valence electrons. The number of benzene rings is 1. The topological polar surface area (TPSA) is 148 Å². The van der Waals surface area contributed by atoms with Crippen LogP contribution in [-0.4, -0.2) is 80.4 Å². The molecule has 2 atom stereocenters. The molecular weight excluding hydrogens is 584 g/mol. The van der Waals surface area contributed by atoms with Crippen LogP contribution in [0.3, 0.4) is 0 Å². The van der Waals surface area contributed by atoms with Crippen LogP contribution >= 0.6 is 0 Å². The SMILES string of the molecule is CCCCCCCCCCCCNC(=O)CCCNC(=O)C1CCCN1C(=O)C(Cc1c[nH]cn1)N(Cc1ccccc1)C(=O)O. The van der Waals surface area contributed by atoms with E-state index in [0.29, 0.717) is 51.0 Å². The van der Waals surface area contributed by atoms with E-state index in [1.165, 1.54) is 62.6 Å². The quantitative estimate of drug-likeness (QED) is 0.127. The van der Waals surface area contributed by atoms with Crippen LogP contribution in [0.2, 0.25) is 0 Å². The molecule has 0 aliphatic carbocycles. The fourth-order valence-electron chi connectivity index (χ4n) is 6.02. The van der Waals surface area contributed by atoms with Crippen LogP contribution in [-0.2, 0) is 27.3 Å². The zero-order valence-corrected chi connectivity index (χ0v) is 27.6. The molecule has 2 unspecified atom stereocenters. The van der Waals surface area contributed by atoms with E-state index in [1.54, 1.807) is 6.20 Å². The van der Waals surface area contributed by atoms with Crippen molar-refractivity contribution in [3.8, 4) is 0 Å². The summed E-state index contributed by atoms with van der Waals surface area (Å²) in [5.41, 5.74) is 1.32. The van der Waals surface area contributed by atoms with E-state index < -0.39 is 24.1 Å². The molecule has 1 aromatic heterocycles. The lowest BCUT2D eigenvalue weighted by Gasteiger charge is -2.33. The predicted molar refractivity (Wildman–Crippen MR) is 178 cm³/mol. The molecule has 1 aromatic carbocycles. The third-order valence-electron chi connectivity index (χ3n) is 8.63. The molecule has 4 N–H and O–H groups in total. The first kappa shape index (κ1) is 36.6. The van der Waals surface area contributed by atoms with E-state index in [-0.39, 0.29) is 24.8 Å². The summed E-state index contributed by atoms with van der Waals surface area (Å²) in [6.07, 6.45) is 16.5. The number of carbonyl (C=O) groups excluding carboxylic acids is 3. The standard InChI is InChI=1S/C35H54N6O5/c1-2-3-4-5-6-7-8-9-10-14-21-37-32(42)20-15-22-38-33(43)30-19-16-23-40(30)34(44)31(24-29-25-36-27-39-29)41(35(45)46)26-28-17-12-11-13-18-28/h11-13,17-18,25,27,30-31H,2-10,14-16,19-24,26H2,1H3,(H,36,39)(H,37,42)(H,38,43)(H,45,46). The summed E-state index contributed by atoms with van der Waals surface area (Å²) in [4.78, 5) is 61.5. The Hall–Kier alpha value is -3.89. The average molecular weight is 639 g/mol. The third kappa shape index (κ3) is 12.8. The molecule has 4 amide bonds. The van der Waals surface area contributed by atoms with Gasteiger partial charge in [-0.3, -0.25) is 19.3 Å². The lowest BCUT2D eigenvalue weighted by atomic mass is 10.1. The van der Waals surface area contributed by atoms with Crippen LogP contribution in [0.25, 0.3) is 0 Å². The maximum atomic E-state index is 13.9. The number of nitrogens with one attached hydrogen (secondary N) is 3. The summed E-state index contributed by atoms with van der Waals surface area (Å²) in [6, 6.07) is 7.39. The Balaban J connectivity index is 1.42. The predicted octanol–water partition coefficient (Wildman–Crippen LogP) is 5.43. The minimum atomic E-state index is -1.22. The number of amides is 4. The van der Waals surface area contributed by atoms with Crippen molar-refractivity contribution in [2.75, 3.05) is 19.6 Å². The minimum Gasteiger partial charge on any atom is -0.465 e. The van der Waals surface area contributed by atoms with E-state index in [1.807, 2.05) is 30.3 Å². The summed E-state index contributed by atoms with van der Waals surface area (Å²) in [5.74, 6) is -0.707. The van der Waals surface area contributed by atoms with Crippen molar-refractivity contribution < 1.29 is 24.3 Å². The number of aromatic nitrogens is 2. The average Bonchev–Trinajstić information content (AvgIpc) is 3.76. The Morgan fingerprint density at radius 1 is 0.957 bits per heavy atom. The van der Waals surface area contributed by atoms with Crippen molar-refractivity contribution in [2.24, 2.45) is 0 Å². The first-order chi connectivity index (χ1) is 22.4. The van der Waals surface area contributed by atoms with Gasteiger partial charge in [0.15, 0.2) is 0 Å². The summed E-state index contributed by atoms with van der Waals surface area (Å²) in [7, 11) is 0. The molecule has 0 radical (unpaired) electrons. The number of unbranched alkanes of at least 4 members (excludes halogenated alkanes) is 9. The smallest absolute Gasteiger partial charge is 0.408 e. The first-order valence-electron chi connectivity index (χ1n) is 17.3. The van der Waals surface area contributed by atoms with Crippen molar-refractivity contribution in [2.45, 2.75) is 122 Å². The minimum absolute atomic E-state index is 0.0174. The summed E-state index contributed by atoms with van der Waals surface area (Å²) < 4.78 is 0. The van der Waals surface area contributed by atoms with Gasteiger partial charge in [-0.25, -0.2) is 9.78 Å². The van der Waals surface area contributed by atoms with Gasteiger partial charge >= 0.3 is 6.09 Å². The molecule has 0 saturated carbocycles. The second-order valence-corrected chi connectivity index (χ2v) is 12.3. The number of H-pyrrole nitrogens is 1. The van der Waals surface area contributed by atoms with Crippen molar-refractivity contribution in [1.29, 1.82) is 0 Å². The summed E-state index contributed by atoms with van der Waals surface area (Å²) >= 11 is 0.